The Balaban J connectivity index is 1.49. The molecule has 1 unspecified atom stereocenters. The largest absolute Gasteiger partial charge is 0.497 e. The minimum Gasteiger partial charge on any atom is -0.497 e. The predicted octanol–water partition coefficient (Wildman–Crippen LogP) is 4.44. The fourth-order valence-electron chi connectivity index (χ4n) is 4.84. The van der Waals surface area contributed by atoms with Gasteiger partial charge in [-0.1, -0.05) is 42.5 Å². The quantitative estimate of drug-likeness (QED) is 0.165. The molecule has 1 aliphatic heterocycles. The number of likely N-dealkylation sites (tertiary alicyclic amines) is 1. The molecular weight excluding hydrogens is 494 g/mol. The Hall–Kier alpha value is -3.33. The summed E-state index contributed by atoms with van der Waals surface area (Å²) in [4.78, 5) is 16.7. The standard InChI is InChI=1S/C30H37N5O2S/c1-37-26-10-8-23(9-11-26)24-5-3-7-27(20-24)38-34-28(19-22-4-2-6-25(18-22)29(32)33)30(36)35-16-13-21(12-15-31)14-17-35/h2-11,18,20-21,28,34H,12-17,19,31H2,1H3,(H3,32,33). The summed E-state index contributed by atoms with van der Waals surface area (Å²) in [6, 6.07) is 23.4. The lowest BCUT2D eigenvalue weighted by Gasteiger charge is -2.34. The van der Waals surface area contributed by atoms with Crippen LogP contribution in [0, 0.1) is 11.3 Å². The second-order valence-corrected chi connectivity index (χ2v) is 10.6. The van der Waals surface area contributed by atoms with E-state index in [-0.39, 0.29) is 11.7 Å². The van der Waals surface area contributed by atoms with Crippen molar-refractivity contribution in [2.24, 2.45) is 17.4 Å². The zero-order chi connectivity index (χ0) is 26.9. The van der Waals surface area contributed by atoms with E-state index < -0.39 is 6.04 Å². The summed E-state index contributed by atoms with van der Waals surface area (Å²) >= 11 is 1.47. The first kappa shape index (κ1) is 27.7. The van der Waals surface area contributed by atoms with Gasteiger partial charge in [-0.3, -0.25) is 10.2 Å². The van der Waals surface area contributed by atoms with Crippen molar-refractivity contribution >= 4 is 23.7 Å². The Morgan fingerprint density at radius 3 is 2.50 bits per heavy atom. The number of nitrogens with zero attached hydrogens (tertiary/aromatic N) is 1. The summed E-state index contributed by atoms with van der Waals surface area (Å²) in [5, 5.41) is 7.79. The number of carbonyl (C=O) groups is 1. The van der Waals surface area contributed by atoms with E-state index in [1.807, 2.05) is 65.6 Å². The molecule has 3 aromatic rings. The molecule has 1 amide bonds. The van der Waals surface area contributed by atoms with Gasteiger partial charge in [0.05, 0.1) is 7.11 Å². The minimum atomic E-state index is -0.419. The van der Waals surface area contributed by atoms with E-state index in [1.54, 1.807) is 7.11 Å². The summed E-state index contributed by atoms with van der Waals surface area (Å²) in [6.45, 7) is 2.21. The molecule has 0 radical (unpaired) electrons. The molecule has 3 aromatic carbocycles. The average Bonchev–Trinajstić information content (AvgIpc) is 2.96. The Kier molecular flexibility index (Phi) is 9.81. The first-order valence-electron chi connectivity index (χ1n) is 13.1. The molecule has 1 saturated heterocycles. The van der Waals surface area contributed by atoms with Crippen LogP contribution in [0.25, 0.3) is 11.1 Å². The van der Waals surface area contributed by atoms with Gasteiger partial charge in [0.15, 0.2) is 0 Å². The van der Waals surface area contributed by atoms with Crippen LogP contribution in [0.15, 0.2) is 77.7 Å². The van der Waals surface area contributed by atoms with Crippen LogP contribution in [-0.2, 0) is 11.2 Å². The molecular formula is C30H37N5O2S. The van der Waals surface area contributed by atoms with Gasteiger partial charge in [-0.15, -0.1) is 0 Å². The molecule has 0 bridgehead atoms. The summed E-state index contributed by atoms with van der Waals surface area (Å²) in [6.07, 6.45) is 3.51. The van der Waals surface area contributed by atoms with Crippen molar-refractivity contribution in [1.29, 1.82) is 5.41 Å². The van der Waals surface area contributed by atoms with Gasteiger partial charge < -0.3 is 21.1 Å². The molecule has 38 heavy (non-hydrogen) atoms. The van der Waals surface area contributed by atoms with Crippen LogP contribution >= 0.6 is 11.9 Å². The lowest BCUT2D eigenvalue weighted by atomic mass is 9.93. The van der Waals surface area contributed by atoms with Gasteiger partial charge in [-0.2, -0.15) is 0 Å². The Bertz CT molecular complexity index is 1230. The normalized spacial score (nSPS) is 14.7. The monoisotopic (exact) mass is 531 g/mol. The van der Waals surface area contributed by atoms with Gasteiger partial charge in [-0.05, 0) is 97.1 Å². The van der Waals surface area contributed by atoms with E-state index in [1.165, 1.54) is 11.9 Å². The number of piperidine rings is 1. The molecule has 0 spiro atoms. The Labute approximate surface area is 229 Å². The third-order valence-corrected chi connectivity index (χ3v) is 7.95. The summed E-state index contributed by atoms with van der Waals surface area (Å²) in [5.41, 5.74) is 15.3. The predicted molar refractivity (Wildman–Crippen MR) is 155 cm³/mol. The van der Waals surface area contributed by atoms with Crippen molar-refractivity contribution in [2.45, 2.75) is 36.6 Å². The van der Waals surface area contributed by atoms with Crippen LogP contribution in [0.5, 0.6) is 5.75 Å². The molecule has 0 aromatic heterocycles. The van der Waals surface area contributed by atoms with Crippen LogP contribution in [0.3, 0.4) is 0 Å². The van der Waals surface area contributed by atoms with Crippen molar-refractivity contribution in [3.63, 3.8) is 0 Å². The number of nitrogens with two attached hydrogens (primary N) is 2. The third-order valence-electron chi connectivity index (χ3n) is 7.05. The number of hydrogen-bond donors (Lipinski definition) is 4. The maximum atomic E-state index is 13.7. The second kappa shape index (κ2) is 13.5. The molecule has 0 saturated carbocycles. The molecule has 4 rings (SSSR count). The van der Waals surface area contributed by atoms with E-state index in [0.29, 0.717) is 24.4 Å². The lowest BCUT2D eigenvalue weighted by molar-refractivity contribution is -0.134. The molecule has 6 N–H and O–H groups in total. The summed E-state index contributed by atoms with van der Waals surface area (Å²) in [5.74, 6) is 1.54. The van der Waals surface area contributed by atoms with Crippen LogP contribution < -0.4 is 20.9 Å². The lowest BCUT2D eigenvalue weighted by Crippen LogP contribution is -2.48. The highest BCUT2D eigenvalue weighted by Crippen LogP contribution is 2.27. The SMILES string of the molecule is COc1ccc(-c2cccc(SNC(Cc3cccc(C(=N)N)c3)C(=O)N3CCC(CCN)CC3)c2)cc1. The number of ether oxygens (including phenoxy) is 1. The summed E-state index contributed by atoms with van der Waals surface area (Å²) in [7, 11) is 1.66. The molecule has 1 fully saturated rings. The zero-order valence-corrected chi connectivity index (χ0v) is 22.7. The molecule has 1 heterocycles. The number of benzene rings is 3. The summed E-state index contributed by atoms with van der Waals surface area (Å²) < 4.78 is 8.74. The van der Waals surface area contributed by atoms with Crippen LogP contribution in [0.2, 0.25) is 0 Å². The van der Waals surface area contributed by atoms with Gasteiger partial charge in [0, 0.05) is 23.5 Å². The van der Waals surface area contributed by atoms with Gasteiger partial charge in [0.2, 0.25) is 5.91 Å². The van der Waals surface area contributed by atoms with Crippen molar-refractivity contribution in [3.05, 3.63) is 83.9 Å². The third kappa shape index (κ3) is 7.37. The van der Waals surface area contributed by atoms with Crippen molar-refractivity contribution in [1.82, 2.24) is 9.62 Å². The van der Waals surface area contributed by atoms with E-state index in [2.05, 4.69) is 16.9 Å². The molecule has 1 atom stereocenters. The number of amidine groups is 1. The van der Waals surface area contributed by atoms with Crippen LogP contribution in [-0.4, -0.2) is 49.4 Å². The smallest absolute Gasteiger partial charge is 0.240 e. The van der Waals surface area contributed by atoms with E-state index in [4.69, 9.17) is 21.6 Å². The number of nitrogen functional groups attached to an aromatic ring is 1. The molecule has 0 aliphatic carbocycles. The minimum absolute atomic E-state index is 0.0226. The number of methoxy groups -OCH3 is 1. The fourth-order valence-corrected chi connectivity index (χ4v) is 5.64. The number of amides is 1. The van der Waals surface area contributed by atoms with Crippen LogP contribution in [0.1, 0.15) is 30.4 Å². The van der Waals surface area contributed by atoms with Crippen molar-refractivity contribution < 1.29 is 9.53 Å². The van der Waals surface area contributed by atoms with Gasteiger partial charge in [-0.25, -0.2) is 4.72 Å². The Morgan fingerprint density at radius 2 is 1.82 bits per heavy atom. The zero-order valence-electron chi connectivity index (χ0n) is 21.9. The molecule has 1 aliphatic rings. The number of nitrogens with one attached hydrogen (secondary N) is 2. The number of hydrogen-bond acceptors (Lipinski definition) is 6. The molecule has 200 valence electrons. The maximum absolute atomic E-state index is 13.7. The van der Waals surface area contributed by atoms with Crippen molar-refractivity contribution in [3.8, 4) is 16.9 Å². The maximum Gasteiger partial charge on any atom is 0.240 e. The van der Waals surface area contributed by atoms with Crippen molar-refractivity contribution in [2.75, 3.05) is 26.7 Å². The van der Waals surface area contributed by atoms with Gasteiger partial charge in [0.25, 0.3) is 0 Å². The highest BCUT2D eigenvalue weighted by Gasteiger charge is 2.28. The van der Waals surface area contributed by atoms with Gasteiger partial charge >= 0.3 is 0 Å². The number of carbonyl (C=O) groups excluding carboxylic acids is 1. The van der Waals surface area contributed by atoms with E-state index >= 15 is 0 Å². The van der Waals surface area contributed by atoms with E-state index in [9.17, 15) is 4.79 Å². The number of rotatable bonds is 11. The first-order valence-corrected chi connectivity index (χ1v) is 13.9. The average molecular weight is 532 g/mol. The highest BCUT2D eigenvalue weighted by molar-refractivity contribution is 7.97. The molecule has 8 heteroatoms. The second-order valence-electron chi connectivity index (χ2n) is 9.69. The van der Waals surface area contributed by atoms with Gasteiger partial charge in [0.1, 0.15) is 17.6 Å². The first-order chi connectivity index (χ1) is 18.5. The topological polar surface area (TPSA) is 117 Å². The fraction of sp³-hybridized carbons (Fsp3) is 0.333. The van der Waals surface area contributed by atoms with E-state index in [0.717, 1.165) is 59.7 Å². The van der Waals surface area contributed by atoms with Crippen LogP contribution in [0.4, 0.5) is 0 Å². The highest BCUT2D eigenvalue weighted by atomic mass is 32.2. The Morgan fingerprint density at radius 1 is 1.08 bits per heavy atom. The molecule has 7 nitrogen and oxygen atoms in total.